The molecule has 2 heterocycles. The lowest BCUT2D eigenvalue weighted by Gasteiger charge is -2.18. The Morgan fingerprint density at radius 1 is 0.407 bits per heavy atom. The molecule has 0 aliphatic rings. The number of aromatic nitrogens is 2. The van der Waals surface area contributed by atoms with Gasteiger partial charge in [0, 0.05) is 44.8 Å². The Morgan fingerprint density at radius 3 is 1.54 bits per heavy atom. The largest absolute Gasteiger partial charge is 0.456 e. The van der Waals surface area contributed by atoms with Gasteiger partial charge in [-0.15, -0.1) is 0 Å². The molecule has 11 aromatic rings. The summed E-state index contributed by atoms with van der Waals surface area (Å²) in [5.74, 6) is 1.61. The van der Waals surface area contributed by atoms with Crippen LogP contribution < -0.4 is 4.74 Å². The van der Waals surface area contributed by atoms with Crippen LogP contribution in [0.1, 0.15) is 18.2 Å². The van der Waals surface area contributed by atoms with E-state index in [1.54, 1.807) is 0 Å². The van der Waals surface area contributed by atoms with Crippen molar-refractivity contribution in [3.05, 3.63) is 211 Å². The number of ether oxygens (including phenoxy) is 1. The molecule has 0 bridgehead atoms. The van der Waals surface area contributed by atoms with Gasteiger partial charge in [0.25, 0.3) is 0 Å². The fourth-order valence-electron chi connectivity index (χ4n) is 9.06. The number of rotatable bonds is 7. The maximum absolute atomic E-state index is 7.26. The van der Waals surface area contributed by atoms with Gasteiger partial charge in [0.05, 0.1) is 27.9 Å². The summed E-state index contributed by atoms with van der Waals surface area (Å²) >= 11 is 0. The van der Waals surface area contributed by atoms with Crippen molar-refractivity contribution in [3.8, 4) is 45.1 Å². The Morgan fingerprint density at radius 2 is 0.915 bits per heavy atom. The number of benzene rings is 9. The van der Waals surface area contributed by atoms with Crippen LogP contribution in [0, 0.1) is 6.92 Å². The highest BCUT2D eigenvalue weighted by Crippen LogP contribution is 2.42. The minimum atomic E-state index is 0.762. The smallest absolute Gasteiger partial charge is 0.143 e. The second-order valence-corrected chi connectivity index (χ2v) is 15.3. The van der Waals surface area contributed by atoms with E-state index in [1.165, 1.54) is 44.0 Å². The molecular weight excluding hydrogens is 717 g/mol. The Hall–Kier alpha value is -7.62. The molecule has 0 atom stereocenters. The lowest BCUT2D eigenvalue weighted by molar-refractivity contribution is 0.493. The minimum absolute atomic E-state index is 0.762. The molecule has 3 nitrogen and oxygen atoms in total. The Labute approximate surface area is 343 Å². The summed E-state index contributed by atoms with van der Waals surface area (Å²) in [5.41, 5.74) is 12.6. The van der Waals surface area contributed by atoms with E-state index in [1.807, 2.05) is 0 Å². The van der Waals surface area contributed by atoms with Crippen LogP contribution in [0.3, 0.4) is 0 Å². The first-order valence-corrected chi connectivity index (χ1v) is 20.3. The Bertz CT molecular complexity index is 3370. The average molecular weight is 757 g/mol. The third-order valence-corrected chi connectivity index (χ3v) is 11.8. The fourth-order valence-corrected chi connectivity index (χ4v) is 9.06. The van der Waals surface area contributed by atoms with E-state index in [9.17, 15) is 0 Å². The summed E-state index contributed by atoms with van der Waals surface area (Å²) in [6, 6.07) is 69.7. The van der Waals surface area contributed by atoms with Crippen LogP contribution in [0.25, 0.3) is 94.0 Å². The van der Waals surface area contributed by atoms with Gasteiger partial charge in [-0.2, -0.15) is 0 Å². The van der Waals surface area contributed by atoms with Crippen molar-refractivity contribution < 1.29 is 4.74 Å². The molecule has 0 aliphatic heterocycles. The second kappa shape index (κ2) is 14.1. The van der Waals surface area contributed by atoms with E-state index in [2.05, 4.69) is 229 Å². The quantitative estimate of drug-likeness (QED) is 0.148. The zero-order valence-electron chi connectivity index (χ0n) is 32.9. The number of nitrogens with zero attached hydrogens (tertiary/aromatic N) is 2. The molecule has 0 saturated carbocycles. The van der Waals surface area contributed by atoms with E-state index in [0.717, 1.165) is 66.7 Å². The molecule has 59 heavy (non-hydrogen) atoms. The van der Waals surface area contributed by atoms with E-state index in [-0.39, 0.29) is 0 Å². The Balaban J connectivity index is 1.19. The molecule has 0 aliphatic carbocycles. The summed E-state index contributed by atoms with van der Waals surface area (Å²) in [5, 5.41) is 8.08. The topological polar surface area (TPSA) is 19.1 Å². The monoisotopic (exact) mass is 756 g/mol. The number of fused-ring (bicyclic) bond motifs is 6. The van der Waals surface area contributed by atoms with E-state index < -0.39 is 0 Å². The van der Waals surface area contributed by atoms with Crippen LogP contribution >= 0.6 is 0 Å². The summed E-state index contributed by atoms with van der Waals surface area (Å²) in [6.45, 7) is 4.33. The van der Waals surface area contributed by atoms with Gasteiger partial charge in [-0.1, -0.05) is 146 Å². The van der Waals surface area contributed by atoms with Crippen molar-refractivity contribution in [1.29, 1.82) is 0 Å². The molecule has 0 fully saturated rings. The highest BCUT2D eigenvalue weighted by atomic mass is 16.5. The van der Waals surface area contributed by atoms with Crippen molar-refractivity contribution >= 4 is 60.3 Å². The molecule has 0 radical (unpaired) electrons. The summed E-state index contributed by atoms with van der Waals surface area (Å²) in [6.07, 6.45) is 4.37. The van der Waals surface area contributed by atoms with Gasteiger partial charge >= 0.3 is 0 Å². The lowest BCUT2D eigenvalue weighted by atomic mass is 10.0. The molecule has 0 saturated heterocycles. The number of allylic oxidation sites excluding steroid dienone is 1. The number of hydrogen-bond acceptors (Lipinski definition) is 1. The number of para-hydroxylation sites is 1. The van der Waals surface area contributed by atoms with Crippen LogP contribution in [0.4, 0.5) is 0 Å². The summed E-state index contributed by atoms with van der Waals surface area (Å²) in [4.78, 5) is 0. The highest BCUT2D eigenvalue weighted by molar-refractivity contribution is 6.11. The molecule has 0 N–H and O–H groups in total. The van der Waals surface area contributed by atoms with Crippen molar-refractivity contribution in [3.63, 3.8) is 0 Å². The second-order valence-electron chi connectivity index (χ2n) is 15.3. The van der Waals surface area contributed by atoms with Crippen molar-refractivity contribution in [2.45, 2.75) is 13.8 Å². The van der Waals surface area contributed by atoms with Gasteiger partial charge in [0.1, 0.15) is 11.5 Å². The van der Waals surface area contributed by atoms with Crippen molar-refractivity contribution in [2.24, 2.45) is 0 Å². The first-order valence-electron chi connectivity index (χ1n) is 20.3. The first kappa shape index (κ1) is 34.6. The molecule has 3 heteroatoms. The predicted octanol–water partition coefficient (Wildman–Crippen LogP) is 15.5. The van der Waals surface area contributed by atoms with Gasteiger partial charge in [-0.05, 0) is 101 Å². The van der Waals surface area contributed by atoms with Gasteiger partial charge in [-0.3, -0.25) is 0 Å². The van der Waals surface area contributed by atoms with Crippen LogP contribution in [-0.2, 0) is 0 Å². The average Bonchev–Trinajstić information content (AvgIpc) is 3.77. The van der Waals surface area contributed by atoms with Crippen LogP contribution in [0.5, 0.6) is 11.5 Å². The van der Waals surface area contributed by atoms with Crippen molar-refractivity contribution in [1.82, 2.24) is 9.13 Å². The lowest BCUT2D eigenvalue weighted by Crippen LogP contribution is -2.02. The maximum Gasteiger partial charge on any atom is 0.143 e. The zero-order chi connectivity index (χ0) is 39.5. The summed E-state index contributed by atoms with van der Waals surface area (Å²) in [7, 11) is 0. The third-order valence-electron chi connectivity index (χ3n) is 11.8. The van der Waals surface area contributed by atoms with Gasteiger partial charge in [0.15, 0.2) is 0 Å². The van der Waals surface area contributed by atoms with E-state index in [4.69, 9.17) is 4.74 Å². The first-order chi connectivity index (χ1) is 29.1. The molecule has 280 valence electrons. The maximum atomic E-state index is 7.26. The zero-order valence-corrected chi connectivity index (χ0v) is 32.9. The molecule has 2 aromatic heterocycles. The fraction of sp³-hybridized carbons (Fsp3) is 0.0357. The van der Waals surface area contributed by atoms with E-state index >= 15 is 0 Å². The minimum Gasteiger partial charge on any atom is -0.456 e. The van der Waals surface area contributed by atoms with Gasteiger partial charge in [0.2, 0.25) is 0 Å². The van der Waals surface area contributed by atoms with Gasteiger partial charge < -0.3 is 13.9 Å². The predicted molar refractivity (Wildman–Crippen MR) is 249 cm³/mol. The van der Waals surface area contributed by atoms with Crippen LogP contribution in [0.2, 0.25) is 0 Å². The van der Waals surface area contributed by atoms with Crippen molar-refractivity contribution in [2.75, 3.05) is 0 Å². The third kappa shape index (κ3) is 5.82. The van der Waals surface area contributed by atoms with E-state index in [0.29, 0.717) is 0 Å². The Kier molecular flexibility index (Phi) is 8.27. The summed E-state index contributed by atoms with van der Waals surface area (Å²) < 4.78 is 12.1. The molecule has 0 spiro atoms. The van der Waals surface area contributed by atoms with Crippen LogP contribution in [0.15, 0.2) is 200 Å². The highest BCUT2D eigenvalue weighted by Gasteiger charge is 2.20. The molecular formula is C56H40N2O. The SMILES string of the molecule is C/C=C\c1c(C)c2cc(-c3ccccc3)ccc2n1-c1cc(Oc2c3ccccc3cc3ccccc23)cc(-n2c3ccccc3c3cc(-c4ccccc4)ccc32)c1. The normalized spacial score (nSPS) is 11.8. The number of aryl methyl sites for hydroxylation is 1. The molecule has 11 rings (SSSR count). The number of hydrogen-bond donors (Lipinski definition) is 0. The van der Waals surface area contributed by atoms with Gasteiger partial charge in [-0.25, -0.2) is 0 Å². The standard InChI is InChI=1S/C56H40N2O/c1-3-16-52-37(2)50-32-40(38-17-6-4-7-18-38)27-29-54(50)57(52)44-34-45(36-46(35-44)59-56-47-23-12-10-21-42(47)31-43-22-11-13-24-48(43)56)58-53-26-15-14-25-49(53)51-33-41(28-30-55(51)58)39-19-8-5-9-20-39/h3-36H,1-2H3/b16-3-. The molecule has 0 amide bonds. The van der Waals surface area contributed by atoms with Crippen LogP contribution in [-0.4, -0.2) is 9.13 Å². The molecule has 9 aromatic carbocycles. The molecule has 0 unspecified atom stereocenters.